The van der Waals surface area contributed by atoms with E-state index < -0.39 is 0 Å². The first kappa shape index (κ1) is 16.6. The van der Waals surface area contributed by atoms with Gasteiger partial charge in [-0.15, -0.1) is 0 Å². The van der Waals surface area contributed by atoms with Gasteiger partial charge < -0.3 is 14.6 Å². The van der Waals surface area contributed by atoms with Gasteiger partial charge in [0.2, 0.25) is 0 Å². The average Bonchev–Trinajstić information content (AvgIpc) is 2.59. The zero-order valence-corrected chi connectivity index (χ0v) is 13.1. The summed E-state index contributed by atoms with van der Waals surface area (Å²) in [5.74, 6) is 5.89. The van der Waals surface area contributed by atoms with Crippen LogP contribution in [-0.2, 0) is 16.0 Å². The van der Waals surface area contributed by atoms with Gasteiger partial charge in [0.15, 0.2) is 0 Å². The predicted octanol–water partition coefficient (Wildman–Crippen LogP) is 2.42. The molecule has 0 aliphatic rings. The van der Waals surface area contributed by atoms with Crippen LogP contribution in [0.4, 0.5) is 0 Å². The molecular formula is C19H18O4. The van der Waals surface area contributed by atoms with E-state index in [0.717, 1.165) is 16.7 Å². The van der Waals surface area contributed by atoms with Crippen LogP contribution in [0.1, 0.15) is 11.1 Å². The van der Waals surface area contributed by atoms with Gasteiger partial charge in [-0.25, -0.2) is 0 Å². The Hall–Kier alpha value is -2.77. The molecule has 118 valence electrons. The lowest BCUT2D eigenvalue weighted by atomic mass is 9.99. The third kappa shape index (κ3) is 4.35. The second-order valence-electron chi connectivity index (χ2n) is 4.83. The molecule has 0 aromatic heterocycles. The first-order valence-electron chi connectivity index (χ1n) is 7.12. The minimum Gasteiger partial charge on any atom is -0.495 e. The van der Waals surface area contributed by atoms with Crippen molar-refractivity contribution in [1.29, 1.82) is 0 Å². The quantitative estimate of drug-likeness (QED) is 0.696. The van der Waals surface area contributed by atoms with Crippen molar-refractivity contribution in [3.05, 3.63) is 53.6 Å². The summed E-state index contributed by atoms with van der Waals surface area (Å²) in [5.41, 5.74) is 3.52. The van der Waals surface area contributed by atoms with Gasteiger partial charge in [-0.05, 0) is 28.8 Å². The number of aliphatic hydroxyl groups excluding tert-OH is 1. The Morgan fingerprint density at radius 2 is 1.91 bits per heavy atom. The van der Waals surface area contributed by atoms with Gasteiger partial charge in [0, 0.05) is 0 Å². The largest absolute Gasteiger partial charge is 0.495 e. The number of hydrogen-bond donors (Lipinski definition) is 1. The molecular weight excluding hydrogens is 292 g/mol. The molecule has 0 aliphatic heterocycles. The van der Waals surface area contributed by atoms with Crippen molar-refractivity contribution in [1.82, 2.24) is 0 Å². The van der Waals surface area contributed by atoms with Gasteiger partial charge in [0.05, 0.1) is 26.2 Å². The Morgan fingerprint density at radius 1 is 1.13 bits per heavy atom. The maximum atomic E-state index is 11.4. The molecule has 2 rings (SSSR count). The number of rotatable bonds is 4. The molecule has 0 amide bonds. The van der Waals surface area contributed by atoms with Crippen LogP contribution < -0.4 is 4.74 Å². The lowest BCUT2D eigenvalue weighted by Gasteiger charge is -2.08. The fourth-order valence-corrected chi connectivity index (χ4v) is 2.22. The molecule has 0 saturated carbocycles. The van der Waals surface area contributed by atoms with Crippen LogP contribution in [-0.4, -0.2) is 31.9 Å². The maximum absolute atomic E-state index is 11.4. The molecule has 4 heteroatoms. The number of carbonyl (C=O) groups excluding carboxylic acids is 1. The van der Waals surface area contributed by atoms with E-state index in [1.54, 1.807) is 7.11 Å². The van der Waals surface area contributed by atoms with Gasteiger partial charge in [-0.1, -0.05) is 42.2 Å². The molecule has 4 nitrogen and oxygen atoms in total. The topological polar surface area (TPSA) is 55.8 Å². The molecule has 23 heavy (non-hydrogen) atoms. The van der Waals surface area contributed by atoms with Crippen molar-refractivity contribution < 1.29 is 19.4 Å². The van der Waals surface area contributed by atoms with Gasteiger partial charge in [-0.3, -0.25) is 4.79 Å². The van der Waals surface area contributed by atoms with Crippen molar-refractivity contribution in [3.8, 4) is 28.7 Å². The highest BCUT2D eigenvalue weighted by atomic mass is 16.5. The average molecular weight is 310 g/mol. The van der Waals surface area contributed by atoms with Crippen LogP contribution in [0.5, 0.6) is 5.75 Å². The Balaban J connectivity index is 2.38. The number of esters is 1. The summed E-state index contributed by atoms with van der Waals surface area (Å²) in [5, 5.41) is 8.86. The number of benzene rings is 2. The van der Waals surface area contributed by atoms with E-state index in [4.69, 9.17) is 14.6 Å². The summed E-state index contributed by atoms with van der Waals surface area (Å²) in [6.07, 6.45) is 0.234. The first-order valence-corrected chi connectivity index (χ1v) is 7.12. The lowest BCUT2D eigenvalue weighted by Crippen LogP contribution is -2.04. The van der Waals surface area contributed by atoms with Crippen LogP contribution in [0.2, 0.25) is 0 Å². The summed E-state index contributed by atoms with van der Waals surface area (Å²) in [6, 6.07) is 13.4. The fourth-order valence-electron chi connectivity index (χ4n) is 2.22. The Bertz CT molecular complexity index is 753. The maximum Gasteiger partial charge on any atom is 0.309 e. The highest BCUT2D eigenvalue weighted by molar-refractivity contribution is 5.74. The molecule has 0 spiro atoms. The predicted molar refractivity (Wildman–Crippen MR) is 88.1 cm³/mol. The molecule has 1 N–H and O–H groups in total. The third-order valence-electron chi connectivity index (χ3n) is 3.34. The normalized spacial score (nSPS) is 9.70. The summed E-state index contributed by atoms with van der Waals surface area (Å²) in [6.45, 7) is -0.206. The third-order valence-corrected chi connectivity index (χ3v) is 3.34. The minimum absolute atomic E-state index is 0.206. The molecule has 2 aromatic carbocycles. The Morgan fingerprint density at radius 3 is 2.61 bits per heavy atom. The van der Waals surface area contributed by atoms with E-state index in [0.29, 0.717) is 11.3 Å². The molecule has 0 fully saturated rings. The highest BCUT2D eigenvalue weighted by Crippen LogP contribution is 2.27. The van der Waals surface area contributed by atoms with Crippen molar-refractivity contribution in [2.45, 2.75) is 6.42 Å². The van der Waals surface area contributed by atoms with Crippen molar-refractivity contribution in [2.75, 3.05) is 20.8 Å². The van der Waals surface area contributed by atoms with Gasteiger partial charge in [0.1, 0.15) is 12.4 Å². The van der Waals surface area contributed by atoms with Crippen LogP contribution in [0.25, 0.3) is 11.1 Å². The number of hydrogen-bond acceptors (Lipinski definition) is 4. The number of methoxy groups -OCH3 is 2. The fraction of sp³-hybridized carbons (Fsp3) is 0.211. The molecule has 0 aliphatic carbocycles. The second kappa shape index (κ2) is 8.02. The molecule has 0 saturated heterocycles. The number of ether oxygens (including phenoxy) is 2. The van der Waals surface area contributed by atoms with E-state index in [9.17, 15) is 4.79 Å². The zero-order valence-electron chi connectivity index (χ0n) is 13.1. The number of carbonyl (C=O) groups is 1. The summed E-state index contributed by atoms with van der Waals surface area (Å²) < 4.78 is 9.97. The van der Waals surface area contributed by atoms with E-state index in [-0.39, 0.29) is 19.0 Å². The molecule has 0 unspecified atom stereocenters. The molecule has 0 bridgehead atoms. The van der Waals surface area contributed by atoms with Crippen LogP contribution in [0.15, 0.2) is 42.5 Å². The lowest BCUT2D eigenvalue weighted by molar-refractivity contribution is -0.139. The monoisotopic (exact) mass is 310 g/mol. The molecule has 0 atom stereocenters. The van der Waals surface area contributed by atoms with E-state index in [1.165, 1.54) is 7.11 Å². The zero-order chi connectivity index (χ0) is 16.7. The van der Waals surface area contributed by atoms with Crippen LogP contribution >= 0.6 is 0 Å². The van der Waals surface area contributed by atoms with Gasteiger partial charge >= 0.3 is 5.97 Å². The van der Waals surface area contributed by atoms with Crippen molar-refractivity contribution in [3.63, 3.8) is 0 Å². The molecule has 0 heterocycles. The van der Waals surface area contributed by atoms with E-state index >= 15 is 0 Å². The van der Waals surface area contributed by atoms with Crippen molar-refractivity contribution >= 4 is 5.97 Å². The second-order valence-corrected chi connectivity index (χ2v) is 4.83. The number of aliphatic hydroxyl groups is 1. The van der Waals surface area contributed by atoms with Crippen LogP contribution in [0.3, 0.4) is 0 Å². The summed E-state index contributed by atoms with van der Waals surface area (Å²) in [4.78, 5) is 11.4. The minimum atomic E-state index is -0.272. The summed E-state index contributed by atoms with van der Waals surface area (Å²) in [7, 11) is 2.96. The van der Waals surface area contributed by atoms with E-state index in [1.807, 2.05) is 42.5 Å². The highest BCUT2D eigenvalue weighted by Gasteiger charge is 2.07. The Labute approximate surface area is 135 Å². The Kier molecular flexibility index (Phi) is 5.79. The van der Waals surface area contributed by atoms with Gasteiger partial charge in [0.25, 0.3) is 0 Å². The SMILES string of the molecule is COC(=O)Cc1cccc(-c2ccc(OC)c(C#CCO)c2)c1. The van der Waals surface area contributed by atoms with Crippen LogP contribution in [0, 0.1) is 11.8 Å². The van der Waals surface area contributed by atoms with Crippen molar-refractivity contribution in [2.24, 2.45) is 0 Å². The summed E-state index contributed by atoms with van der Waals surface area (Å²) >= 11 is 0. The standard InChI is InChI=1S/C19H18O4/c1-22-18-9-8-16(13-17(18)7-4-10-20)15-6-3-5-14(11-15)12-19(21)23-2/h3,5-6,8-9,11,13,20H,10,12H2,1-2H3. The molecule has 0 radical (unpaired) electrons. The first-order chi connectivity index (χ1) is 11.2. The van der Waals surface area contributed by atoms with E-state index in [2.05, 4.69) is 11.8 Å². The molecule has 2 aromatic rings. The smallest absolute Gasteiger partial charge is 0.309 e. The van der Waals surface area contributed by atoms with Gasteiger partial charge in [-0.2, -0.15) is 0 Å².